The van der Waals surface area contributed by atoms with Crippen LogP contribution in [0.1, 0.15) is 4.88 Å². The number of alkyl halides is 1. The van der Waals surface area contributed by atoms with Gasteiger partial charge < -0.3 is 5.32 Å². The molecule has 2 rings (SSSR count). The first-order chi connectivity index (χ1) is 9.17. The molecule has 2 aromatic rings. The summed E-state index contributed by atoms with van der Waals surface area (Å²) in [5.74, 6) is -0.188. The van der Waals surface area contributed by atoms with Gasteiger partial charge in [0.05, 0.1) is 0 Å². The number of rotatable bonds is 3. The van der Waals surface area contributed by atoms with Crippen molar-refractivity contribution >= 4 is 46.9 Å². The largest absolute Gasteiger partial charge is 0.309 e. The minimum atomic E-state index is -0.379. The van der Waals surface area contributed by atoms with Crippen molar-refractivity contribution in [2.45, 2.75) is 0 Å². The zero-order chi connectivity index (χ0) is 13.8. The molecule has 0 spiro atoms. The maximum Gasteiger partial charge on any atom is 0.240 e. The highest BCUT2D eigenvalue weighted by Gasteiger charge is 2.16. The Labute approximate surface area is 123 Å². The fraction of sp³-hybridized carbons (Fsp3) is 0.0833. The summed E-state index contributed by atoms with van der Waals surface area (Å²) in [7, 11) is 0. The number of nitrogens with zero attached hydrogens (tertiary/aromatic N) is 2. The SMILES string of the molecule is N#Cc1sc(=S)n(-c2ccccc2)c1NC(=O)CCl. The van der Waals surface area contributed by atoms with Crippen LogP contribution in [0.3, 0.4) is 0 Å². The topological polar surface area (TPSA) is 57.8 Å². The molecule has 4 nitrogen and oxygen atoms in total. The van der Waals surface area contributed by atoms with Gasteiger partial charge in [-0.05, 0) is 24.4 Å². The maximum atomic E-state index is 11.4. The van der Waals surface area contributed by atoms with Gasteiger partial charge in [0.1, 0.15) is 22.6 Å². The Morgan fingerprint density at radius 1 is 1.47 bits per heavy atom. The van der Waals surface area contributed by atoms with Crippen molar-refractivity contribution in [2.24, 2.45) is 0 Å². The maximum absolute atomic E-state index is 11.4. The predicted octanol–water partition coefficient (Wildman–Crippen LogP) is 3.32. The summed E-state index contributed by atoms with van der Waals surface area (Å²) in [6, 6.07) is 11.3. The quantitative estimate of drug-likeness (QED) is 0.699. The summed E-state index contributed by atoms with van der Waals surface area (Å²) >= 11 is 11.9. The van der Waals surface area contributed by atoms with Crippen molar-refractivity contribution in [1.82, 2.24) is 4.57 Å². The Balaban J connectivity index is 2.61. The molecule has 0 fully saturated rings. The summed E-state index contributed by atoms with van der Waals surface area (Å²) in [4.78, 5) is 11.8. The molecule has 0 bridgehead atoms. The molecular formula is C12H8ClN3OS2. The molecule has 0 aliphatic carbocycles. The number of carbonyl (C=O) groups is 1. The lowest BCUT2D eigenvalue weighted by Crippen LogP contribution is -2.16. The summed E-state index contributed by atoms with van der Waals surface area (Å²) in [5.41, 5.74) is 0.787. The number of nitriles is 1. The van der Waals surface area contributed by atoms with Gasteiger partial charge >= 0.3 is 0 Å². The number of benzene rings is 1. The van der Waals surface area contributed by atoms with Gasteiger partial charge in [-0.2, -0.15) is 5.26 Å². The van der Waals surface area contributed by atoms with E-state index in [-0.39, 0.29) is 11.8 Å². The Hall–Kier alpha value is -1.68. The highest BCUT2D eigenvalue weighted by molar-refractivity contribution is 7.73. The zero-order valence-corrected chi connectivity index (χ0v) is 12.0. The van der Waals surface area contributed by atoms with E-state index in [0.717, 1.165) is 17.0 Å². The molecule has 19 heavy (non-hydrogen) atoms. The molecule has 0 saturated carbocycles. The first-order valence-electron chi connectivity index (χ1n) is 5.24. The number of hydrogen-bond acceptors (Lipinski definition) is 4. The monoisotopic (exact) mass is 309 g/mol. The molecule has 7 heteroatoms. The van der Waals surface area contributed by atoms with Gasteiger partial charge in [-0.15, -0.1) is 11.6 Å². The lowest BCUT2D eigenvalue weighted by molar-refractivity contribution is -0.113. The van der Waals surface area contributed by atoms with Crippen molar-refractivity contribution in [3.63, 3.8) is 0 Å². The number of nitrogens with one attached hydrogen (secondary N) is 1. The lowest BCUT2D eigenvalue weighted by atomic mass is 10.3. The highest BCUT2D eigenvalue weighted by atomic mass is 35.5. The molecule has 0 radical (unpaired) electrons. The molecule has 96 valence electrons. The van der Waals surface area contributed by atoms with E-state index in [2.05, 4.69) is 5.32 Å². The Kier molecular flexibility index (Phi) is 4.32. The molecular weight excluding hydrogens is 302 g/mol. The molecule has 0 unspecified atom stereocenters. The van der Waals surface area contributed by atoms with Crippen molar-refractivity contribution in [3.8, 4) is 11.8 Å². The van der Waals surface area contributed by atoms with E-state index in [9.17, 15) is 4.79 Å². The van der Waals surface area contributed by atoms with Crippen molar-refractivity contribution in [3.05, 3.63) is 39.2 Å². The molecule has 0 saturated heterocycles. The van der Waals surface area contributed by atoms with Crippen LogP contribution in [-0.4, -0.2) is 16.4 Å². The first kappa shape index (κ1) is 13.7. The van der Waals surface area contributed by atoms with E-state index in [1.165, 1.54) is 0 Å². The van der Waals surface area contributed by atoms with Crippen LogP contribution in [0.25, 0.3) is 5.69 Å². The Bertz CT molecular complexity index is 700. The first-order valence-corrected chi connectivity index (χ1v) is 7.00. The summed E-state index contributed by atoms with van der Waals surface area (Å²) in [6.45, 7) is 0. The van der Waals surface area contributed by atoms with Gasteiger partial charge in [0.2, 0.25) is 5.91 Å². The number of thiazole rings is 1. The minimum Gasteiger partial charge on any atom is -0.309 e. The van der Waals surface area contributed by atoms with E-state index in [4.69, 9.17) is 29.1 Å². The van der Waals surface area contributed by atoms with E-state index < -0.39 is 0 Å². The van der Waals surface area contributed by atoms with Gasteiger partial charge in [0.25, 0.3) is 0 Å². The van der Waals surface area contributed by atoms with Crippen LogP contribution in [0.5, 0.6) is 0 Å². The summed E-state index contributed by atoms with van der Waals surface area (Å²) < 4.78 is 2.15. The third-order valence-electron chi connectivity index (χ3n) is 2.31. The average molecular weight is 310 g/mol. The average Bonchev–Trinajstić information content (AvgIpc) is 2.75. The molecule has 1 amide bonds. The van der Waals surface area contributed by atoms with Crippen LogP contribution in [0.15, 0.2) is 30.3 Å². The second-order valence-electron chi connectivity index (χ2n) is 3.51. The fourth-order valence-corrected chi connectivity index (χ4v) is 2.80. The molecule has 1 aromatic heterocycles. The van der Waals surface area contributed by atoms with Crippen LogP contribution in [0.2, 0.25) is 0 Å². The number of hydrogen-bond donors (Lipinski definition) is 1. The Morgan fingerprint density at radius 2 is 2.16 bits per heavy atom. The van der Waals surface area contributed by atoms with Crippen LogP contribution in [0, 0.1) is 15.3 Å². The third-order valence-corrected chi connectivity index (χ3v) is 3.83. The summed E-state index contributed by atoms with van der Waals surface area (Å²) in [5, 5.41) is 11.7. The Morgan fingerprint density at radius 3 is 2.74 bits per heavy atom. The van der Waals surface area contributed by atoms with E-state index in [1.54, 1.807) is 4.57 Å². The van der Waals surface area contributed by atoms with Gasteiger partial charge in [0, 0.05) is 5.69 Å². The normalized spacial score (nSPS) is 9.89. The highest BCUT2D eigenvalue weighted by Crippen LogP contribution is 2.27. The molecule has 1 heterocycles. The van der Waals surface area contributed by atoms with Gasteiger partial charge in [-0.25, -0.2) is 0 Å². The van der Waals surface area contributed by atoms with Crippen LogP contribution in [-0.2, 0) is 4.79 Å². The van der Waals surface area contributed by atoms with Crippen LogP contribution >= 0.6 is 35.2 Å². The lowest BCUT2D eigenvalue weighted by Gasteiger charge is -2.09. The number of anilines is 1. The number of halogens is 1. The third kappa shape index (κ3) is 2.84. The molecule has 0 aliphatic rings. The van der Waals surface area contributed by atoms with E-state index in [1.807, 2.05) is 36.4 Å². The standard InChI is InChI=1S/C12H8ClN3OS2/c13-6-10(17)15-11-9(7-14)19-12(18)16(11)8-4-2-1-3-5-8/h1-5H,6H2,(H,15,17). The predicted molar refractivity (Wildman–Crippen MR) is 78.5 cm³/mol. The molecule has 1 N–H and O–H groups in total. The smallest absolute Gasteiger partial charge is 0.240 e. The zero-order valence-electron chi connectivity index (χ0n) is 9.59. The number of para-hydroxylation sites is 1. The van der Waals surface area contributed by atoms with E-state index >= 15 is 0 Å². The van der Waals surface area contributed by atoms with E-state index in [0.29, 0.717) is 14.6 Å². The van der Waals surface area contributed by atoms with Gasteiger partial charge in [-0.1, -0.05) is 29.5 Å². The van der Waals surface area contributed by atoms with Crippen molar-refractivity contribution < 1.29 is 4.79 Å². The fourth-order valence-electron chi connectivity index (χ4n) is 1.54. The second kappa shape index (κ2) is 5.97. The minimum absolute atomic E-state index is 0.178. The molecule has 0 atom stereocenters. The summed E-state index contributed by atoms with van der Waals surface area (Å²) in [6.07, 6.45) is 0. The molecule has 0 aliphatic heterocycles. The molecule has 1 aromatic carbocycles. The van der Waals surface area contributed by atoms with Crippen LogP contribution in [0.4, 0.5) is 5.82 Å². The number of carbonyl (C=O) groups excluding carboxylic acids is 1. The number of aromatic nitrogens is 1. The van der Waals surface area contributed by atoms with Crippen molar-refractivity contribution in [2.75, 3.05) is 11.2 Å². The van der Waals surface area contributed by atoms with Gasteiger partial charge in [0.15, 0.2) is 3.95 Å². The number of amides is 1. The van der Waals surface area contributed by atoms with Gasteiger partial charge in [-0.3, -0.25) is 9.36 Å². The van der Waals surface area contributed by atoms with Crippen molar-refractivity contribution in [1.29, 1.82) is 5.26 Å². The van der Waals surface area contributed by atoms with Crippen LogP contribution < -0.4 is 5.32 Å². The second-order valence-corrected chi connectivity index (χ2v) is 5.42.